The molecule has 2 aliphatic carbocycles. The standard InChI is InChI=1S/C22H29NO4/c24-18-11-10-17-14-23(21(25)20(17)12-18)13-15-6-8-16(9-7-15)22(26)27-19-4-2-1-3-5-19/h10-12,15-16,19,24H,1-9,13-14H2/t15-,16-. The summed E-state index contributed by atoms with van der Waals surface area (Å²) in [4.78, 5) is 26.9. The molecule has 0 saturated heterocycles. The molecule has 146 valence electrons. The summed E-state index contributed by atoms with van der Waals surface area (Å²) >= 11 is 0. The number of ether oxygens (including phenoxy) is 1. The number of benzene rings is 1. The number of phenols is 1. The van der Waals surface area contributed by atoms with E-state index in [4.69, 9.17) is 4.74 Å². The van der Waals surface area contributed by atoms with Gasteiger partial charge in [0.25, 0.3) is 5.91 Å². The molecule has 1 aliphatic heterocycles. The minimum Gasteiger partial charge on any atom is -0.508 e. The van der Waals surface area contributed by atoms with Crippen molar-refractivity contribution < 1.29 is 19.4 Å². The Hall–Kier alpha value is -2.04. The average molecular weight is 371 g/mol. The second-order valence-corrected chi connectivity index (χ2v) is 8.44. The van der Waals surface area contributed by atoms with Crippen LogP contribution in [0.3, 0.4) is 0 Å². The molecule has 2 saturated carbocycles. The summed E-state index contributed by atoms with van der Waals surface area (Å²) in [5.41, 5.74) is 1.61. The number of phenolic OH excluding ortho intramolecular Hbond substituents is 1. The molecule has 0 radical (unpaired) electrons. The Labute approximate surface area is 160 Å². The van der Waals surface area contributed by atoms with Crippen LogP contribution in [0.15, 0.2) is 18.2 Å². The van der Waals surface area contributed by atoms with Gasteiger partial charge in [-0.2, -0.15) is 0 Å². The number of esters is 1. The van der Waals surface area contributed by atoms with Gasteiger partial charge in [-0.15, -0.1) is 0 Å². The summed E-state index contributed by atoms with van der Waals surface area (Å²) in [6.45, 7) is 1.36. The van der Waals surface area contributed by atoms with E-state index in [0.29, 0.717) is 18.0 Å². The molecule has 5 heteroatoms. The van der Waals surface area contributed by atoms with Gasteiger partial charge in [-0.25, -0.2) is 0 Å². The normalized spacial score (nSPS) is 26.1. The lowest BCUT2D eigenvalue weighted by Gasteiger charge is -2.31. The molecule has 27 heavy (non-hydrogen) atoms. The first kappa shape index (κ1) is 18.3. The third-order valence-electron chi connectivity index (χ3n) is 6.47. The Morgan fingerprint density at radius 3 is 2.56 bits per heavy atom. The van der Waals surface area contributed by atoms with Gasteiger partial charge in [0.15, 0.2) is 0 Å². The van der Waals surface area contributed by atoms with E-state index in [-0.39, 0.29) is 29.6 Å². The van der Waals surface area contributed by atoms with E-state index in [9.17, 15) is 14.7 Å². The van der Waals surface area contributed by atoms with Gasteiger partial charge in [0.05, 0.1) is 5.92 Å². The molecule has 0 unspecified atom stereocenters. The van der Waals surface area contributed by atoms with Crippen molar-refractivity contribution in [1.82, 2.24) is 4.90 Å². The van der Waals surface area contributed by atoms with Crippen molar-refractivity contribution >= 4 is 11.9 Å². The maximum atomic E-state index is 12.6. The predicted molar refractivity (Wildman–Crippen MR) is 101 cm³/mol. The van der Waals surface area contributed by atoms with Crippen molar-refractivity contribution in [3.63, 3.8) is 0 Å². The van der Waals surface area contributed by atoms with Crippen molar-refractivity contribution in [1.29, 1.82) is 0 Å². The van der Waals surface area contributed by atoms with Crippen molar-refractivity contribution in [3.05, 3.63) is 29.3 Å². The largest absolute Gasteiger partial charge is 0.508 e. The minimum atomic E-state index is 0.000444. The van der Waals surface area contributed by atoms with Crippen LogP contribution in [-0.4, -0.2) is 34.5 Å². The fourth-order valence-corrected chi connectivity index (χ4v) is 4.83. The van der Waals surface area contributed by atoms with E-state index in [1.807, 2.05) is 11.0 Å². The number of hydrogen-bond acceptors (Lipinski definition) is 4. The number of carbonyl (C=O) groups is 2. The lowest BCUT2D eigenvalue weighted by molar-refractivity contribution is -0.157. The van der Waals surface area contributed by atoms with Crippen molar-refractivity contribution in [2.45, 2.75) is 70.4 Å². The summed E-state index contributed by atoms with van der Waals surface area (Å²) in [7, 11) is 0. The summed E-state index contributed by atoms with van der Waals surface area (Å²) in [6.07, 6.45) is 9.47. The summed E-state index contributed by atoms with van der Waals surface area (Å²) in [6, 6.07) is 5.04. The zero-order valence-electron chi connectivity index (χ0n) is 15.9. The molecule has 1 N–H and O–H groups in total. The lowest BCUT2D eigenvalue weighted by Crippen LogP contribution is -2.34. The summed E-state index contributed by atoms with van der Waals surface area (Å²) in [5, 5.41) is 9.61. The number of amides is 1. The maximum absolute atomic E-state index is 12.6. The Balaban J connectivity index is 1.25. The van der Waals surface area contributed by atoms with Gasteiger partial charge in [0.2, 0.25) is 0 Å². The second-order valence-electron chi connectivity index (χ2n) is 8.44. The number of fused-ring (bicyclic) bond motifs is 1. The van der Waals surface area contributed by atoms with Crippen molar-refractivity contribution in [2.24, 2.45) is 11.8 Å². The van der Waals surface area contributed by atoms with Crippen LogP contribution in [0.25, 0.3) is 0 Å². The monoisotopic (exact) mass is 371 g/mol. The average Bonchev–Trinajstić information content (AvgIpc) is 2.98. The smallest absolute Gasteiger partial charge is 0.309 e. The van der Waals surface area contributed by atoms with E-state index >= 15 is 0 Å². The molecule has 3 aliphatic rings. The highest BCUT2D eigenvalue weighted by molar-refractivity contribution is 5.98. The Bertz CT molecular complexity index is 702. The third-order valence-corrected chi connectivity index (χ3v) is 6.47. The highest BCUT2D eigenvalue weighted by atomic mass is 16.5. The van der Waals surface area contributed by atoms with Gasteiger partial charge in [-0.05, 0) is 75.0 Å². The van der Waals surface area contributed by atoms with Crippen LogP contribution >= 0.6 is 0 Å². The summed E-state index contributed by atoms with van der Waals surface area (Å²) < 4.78 is 5.74. The van der Waals surface area contributed by atoms with Crippen LogP contribution < -0.4 is 0 Å². The van der Waals surface area contributed by atoms with Crippen LogP contribution in [0.4, 0.5) is 0 Å². The molecule has 0 bridgehead atoms. The number of aromatic hydroxyl groups is 1. The Morgan fingerprint density at radius 2 is 1.81 bits per heavy atom. The molecule has 4 rings (SSSR count). The second kappa shape index (κ2) is 7.91. The van der Waals surface area contributed by atoms with E-state index < -0.39 is 0 Å². The van der Waals surface area contributed by atoms with Crippen LogP contribution in [0.2, 0.25) is 0 Å². The molecule has 1 amide bonds. The Morgan fingerprint density at radius 1 is 1.07 bits per heavy atom. The van der Waals surface area contributed by atoms with Gasteiger partial charge in [0.1, 0.15) is 11.9 Å². The van der Waals surface area contributed by atoms with Gasteiger partial charge >= 0.3 is 5.97 Å². The topological polar surface area (TPSA) is 66.8 Å². The van der Waals surface area contributed by atoms with Crippen LogP contribution in [0, 0.1) is 11.8 Å². The van der Waals surface area contributed by atoms with Crippen molar-refractivity contribution in [2.75, 3.05) is 6.54 Å². The fraction of sp³-hybridized carbons (Fsp3) is 0.636. The molecule has 0 aromatic heterocycles. The first-order chi connectivity index (χ1) is 13.1. The van der Waals surface area contributed by atoms with Gasteiger partial charge in [0, 0.05) is 18.7 Å². The molecule has 5 nitrogen and oxygen atoms in total. The fourth-order valence-electron chi connectivity index (χ4n) is 4.83. The molecule has 1 heterocycles. The van der Waals surface area contributed by atoms with E-state index in [0.717, 1.165) is 50.6 Å². The molecule has 2 fully saturated rings. The number of nitrogens with zero attached hydrogens (tertiary/aromatic N) is 1. The van der Waals surface area contributed by atoms with Gasteiger partial charge in [-0.3, -0.25) is 9.59 Å². The lowest BCUT2D eigenvalue weighted by atomic mass is 9.81. The molecule has 0 atom stereocenters. The highest BCUT2D eigenvalue weighted by Crippen LogP contribution is 2.34. The summed E-state index contributed by atoms with van der Waals surface area (Å²) in [5.74, 6) is 0.628. The first-order valence-electron chi connectivity index (χ1n) is 10.4. The minimum absolute atomic E-state index is 0.000444. The van der Waals surface area contributed by atoms with E-state index in [1.165, 1.54) is 19.3 Å². The number of hydrogen-bond donors (Lipinski definition) is 1. The SMILES string of the molecule is O=C1c2cc(O)ccc2CN1C[C@H]1CC[C@H](C(=O)OC2CCCCC2)CC1. The van der Waals surface area contributed by atoms with E-state index in [2.05, 4.69) is 0 Å². The predicted octanol–water partition coefficient (Wildman–Crippen LogP) is 4.03. The first-order valence-corrected chi connectivity index (χ1v) is 10.4. The molecule has 0 spiro atoms. The molecule has 1 aromatic rings. The Kier molecular flexibility index (Phi) is 5.37. The zero-order valence-corrected chi connectivity index (χ0v) is 15.9. The van der Waals surface area contributed by atoms with Crippen LogP contribution in [0.5, 0.6) is 5.75 Å². The van der Waals surface area contributed by atoms with Crippen molar-refractivity contribution in [3.8, 4) is 5.75 Å². The quantitative estimate of drug-likeness (QED) is 0.812. The zero-order chi connectivity index (χ0) is 18.8. The number of rotatable bonds is 4. The molecular formula is C22H29NO4. The molecule has 1 aromatic carbocycles. The third kappa shape index (κ3) is 4.12. The van der Waals surface area contributed by atoms with Crippen LogP contribution in [-0.2, 0) is 16.1 Å². The van der Waals surface area contributed by atoms with Gasteiger partial charge < -0.3 is 14.7 Å². The molecular weight excluding hydrogens is 342 g/mol. The van der Waals surface area contributed by atoms with Gasteiger partial charge in [-0.1, -0.05) is 12.5 Å². The van der Waals surface area contributed by atoms with Crippen LogP contribution in [0.1, 0.15) is 73.7 Å². The maximum Gasteiger partial charge on any atom is 0.309 e. The highest BCUT2D eigenvalue weighted by Gasteiger charge is 2.33. The van der Waals surface area contributed by atoms with E-state index in [1.54, 1.807) is 12.1 Å². The number of carbonyl (C=O) groups excluding carboxylic acids is 2.